The fourth-order valence-electron chi connectivity index (χ4n) is 3.15. The van der Waals surface area contributed by atoms with Crippen LogP contribution in [0.3, 0.4) is 0 Å². The second-order valence-corrected chi connectivity index (χ2v) is 7.92. The van der Waals surface area contributed by atoms with Crippen molar-refractivity contribution in [2.24, 2.45) is 0 Å². The molecule has 0 saturated carbocycles. The van der Waals surface area contributed by atoms with Crippen molar-refractivity contribution in [2.75, 3.05) is 29.9 Å². The average Bonchev–Trinajstić information content (AvgIpc) is 3.04. The molecule has 3 aromatic rings. The van der Waals surface area contributed by atoms with Gasteiger partial charge in [-0.2, -0.15) is 9.78 Å². The van der Waals surface area contributed by atoms with Crippen LogP contribution < -0.4 is 9.80 Å². The highest BCUT2D eigenvalue weighted by molar-refractivity contribution is 5.51. The molecule has 3 aromatic heterocycles. The van der Waals surface area contributed by atoms with Crippen LogP contribution in [0.15, 0.2) is 30.5 Å². The van der Waals surface area contributed by atoms with Crippen LogP contribution >= 0.6 is 0 Å². The van der Waals surface area contributed by atoms with Gasteiger partial charge in [-0.1, -0.05) is 20.8 Å². The van der Waals surface area contributed by atoms with Crippen molar-refractivity contribution in [1.29, 1.82) is 5.26 Å². The molecule has 0 bridgehead atoms. The number of rotatable bonds is 3. The summed E-state index contributed by atoms with van der Waals surface area (Å²) in [6.45, 7) is 8.05. The van der Waals surface area contributed by atoms with E-state index in [1.807, 2.05) is 29.8 Å². The number of nitriles is 1. The van der Waals surface area contributed by atoms with Crippen molar-refractivity contribution in [3.05, 3.63) is 41.9 Å². The van der Waals surface area contributed by atoms with Gasteiger partial charge in [0.25, 0.3) is 0 Å². The zero-order chi connectivity index (χ0) is 19.2. The predicted molar refractivity (Wildman–Crippen MR) is 103 cm³/mol. The minimum absolute atomic E-state index is 0.121. The SMILES string of the molecule is CN(c1ccc(C#N)cn1)C1CN(c2ccc3nnc(C(C)(C)C)n3n2)C1. The highest BCUT2D eigenvalue weighted by Crippen LogP contribution is 2.26. The molecule has 1 fully saturated rings. The minimum Gasteiger partial charge on any atom is -0.353 e. The quantitative estimate of drug-likeness (QED) is 0.704. The number of hydrogen-bond acceptors (Lipinski definition) is 7. The van der Waals surface area contributed by atoms with Crippen molar-refractivity contribution in [3.63, 3.8) is 0 Å². The number of nitrogens with zero attached hydrogens (tertiary/aromatic N) is 8. The third-order valence-electron chi connectivity index (χ3n) is 4.89. The number of likely N-dealkylation sites (N-methyl/N-ethyl adjacent to an activating group) is 1. The first kappa shape index (κ1) is 17.2. The van der Waals surface area contributed by atoms with Gasteiger partial charge in [0, 0.05) is 31.7 Å². The smallest absolute Gasteiger partial charge is 0.178 e. The van der Waals surface area contributed by atoms with E-state index < -0.39 is 0 Å². The molecule has 0 atom stereocenters. The molecular weight excluding hydrogens is 340 g/mol. The summed E-state index contributed by atoms with van der Waals surface area (Å²) in [5.41, 5.74) is 1.22. The van der Waals surface area contributed by atoms with Gasteiger partial charge < -0.3 is 9.80 Å². The van der Waals surface area contributed by atoms with Crippen LogP contribution in [-0.2, 0) is 5.41 Å². The molecule has 1 saturated heterocycles. The molecule has 138 valence electrons. The third kappa shape index (κ3) is 3.05. The molecule has 0 amide bonds. The molecule has 0 aliphatic carbocycles. The molecule has 4 rings (SSSR count). The van der Waals surface area contributed by atoms with Crippen molar-refractivity contribution in [3.8, 4) is 6.07 Å². The van der Waals surface area contributed by atoms with Crippen molar-refractivity contribution >= 4 is 17.3 Å². The molecule has 27 heavy (non-hydrogen) atoms. The Kier molecular flexibility index (Phi) is 3.95. The summed E-state index contributed by atoms with van der Waals surface area (Å²) in [7, 11) is 2.03. The van der Waals surface area contributed by atoms with Crippen molar-refractivity contribution in [1.82, 2.24) is 24.8 Å². The van der Waals surface area contributed by atoms with E-state index in [1.165, 1.54) is 0 Å². The lowest BCUT2D eigenvalue weighted by atomic mass is 9.96. The van der Waals surface area contributed by atoms with Crippen molar-refractivity contribution < 1.29 is 0 Å². The first-order valence-corrected chi connectivity index (χ1v) is 8.94. The summed E-state index contributed by atoms with van der Waals surface area (Å²) >= 11 is 0. The van der Waals surface area contributed by atoms with E-state index in [4.69, 9.17) is 10.4 Å². The van der Waals surface area contributed by atoms with Gasteiger partial charge in [0.2, 0.25) is 0 Å². The molecule has 0 radical (unpaired) electrons. The van der Waals surface area contributed by atoms with Gasteiger partial charge in [0.15, 0.2) is 11.5 Å². The first-order chi connectivity index (χ1) is 12.9. The summed E-state index contributed by atoms with van der Waals surface area (Å²) in [6.07, 6.45) is 1.61. The molecule has 8 nitrogen and oxygen atoms in total. The minimum atomic E-state index is -0.121. The lowest BCUT2D eigenvalue weighted by Crippen LogP contribution is -2.59. The van der Waals surface area contributed by atoms with E-state index in [2.05, 4.69) is 51.8 Å². The van der Waals surface area contributed by atoms with Crippen LogP contribution in [0.2, 0.25) is 0 Å². The highest BCUT2D eigenvalue weighted by Gasteiger charge is 2.32. The van der Waals surface area contributed by atoms with Gasteiger partial charge in [-0.25, -0.2) is 4.98 Å². The Labute approximate surface area is 158 Å². The fraction of sp³-hybridized carbons (Fsp3) is 0.421. The molecule has 0 unspecified atom stereocenters. The number of hydrogen-bond donors (Lipinski definition) is 0. The van der Waals surface area contributed by atoms with E-state index in [0.29, 0.717) is 11.6 Å². The average molecular weight is 362 g/mol. The lowest BCUT2D eigenvalue weighted by molar-refractivity contribution is 0.483. The molecule has 0 aromatic carbocycles. The maximum atomic E-state index is 8.90. The Morgan fingerprint density at radius 3 is 2.56 bits per heavy atom. The fourth-order valence-corrected chi connectivity index (χ4v) is 3.15. The lowest BCUT2D eigenvalue weighted by Gasteiger charge is -2.45. The first-order valence-electron chi connectivity index (χ1n) is 8.94. The monoisotopic (exact) mass is 362 g/mol. The molecule has 0 spiro atoms. The normalized spacial score (nSPS) is 14.9. The van der Waals surface area contributed by atoms with Gasteiger partial charge in [-0.05, 0) is 24.3 Å². The summed E-state index contributed by atoms with van der Waals surface area (Å²) < 4.78 is 1.84. The van der Waals surface area contributed by atoms with Gasteiger partial charge in [0.05, 0.1) is 11.6 Å². The Hall–Kier alpha value is -3.21. The Bertz CT molecular complexity index is 1000. The third-order valence-corrected chi connectivity index (χ3v) is 4.89. The summed E-state index contributed by atoms with van der Waals surface area (Å²) in [5, 5.41) is 22.2. The molecular formula is C19H22N8. The van der Waals surface area contributed by atoms with Crippen molar-refractivity contribution in [2.45, 2.75) is 32.2 Å². The van der Waals surface area contributed by atoms with Crippen LogP contribution in [0.5, 0.6) is 0 Å². The van der Waals surface area contributed by atoms with Crippen LogP contribution in [0.4, 0.5) is 11.6 Å². The number of fused-ring (bicyclic) bond motifs is 1. The largest absolute Gasteiger partial charge is 0.353 e. The molecule has 8 heteroatoms. The van der Waals surface area contributed by atoms with Gasteiger partial charge in [0.1, 0.15) is 17.7 Å². The van der Waals surface area contributed by atoms with E-state index in [1.54, 1.807) is 12.3 Å². The highest BCUT2D eigenvalue weighted by atomic mass is 15.4. The van der Waals surface area contributed by atoms with Gasteiger partial charge >= 0.3 is 0 Å². The maximum absolute atomic E-state index is 8.90. The Morgan fingerprint density at radius 2 is 1.93 bits per heavy atom. The molecule has 0 N–H and O–H groups in total. The second kappa shape index (κ2) is 6.20. The van der Waals surface area contributed by atoms with Crippen LogP contribution in [-0.4, -0.2) is 51.0 Å². The van der Waals surface area contributed by atoms with Crippen LogP contribution in [0.1, 0.15) is 32.2 Å². The predicted octanol–water partition coefficient (Wildman–Crippen LogP) is 2.01. The zero-order valence-corrected chi connectivity index (χ0v) is 16.0. The molecule has 1 aliphatic heterocycles. The number of aromatic nitrogens is 5. The van der Waals surface area contributed by atoms with Gasteiger partial charge in [-0.15, -0.1) is 15.3 Å². The topological polar surface area (TPSA) is 86.2 Å². The molecule has 1 aliphatic rings. The second-order valence-electron chi connectivity index (χ2n) is 7.92. The number of anilines is 2. The van der Waals surface area contributed by atoms with E-state index in [0.717, 1.165) is 36.2 Å². The van der Waals surface area contributed by atoms with Gasteiger partial charge in [-0.3, -0.25) is 0 Å². The summed E-state index contributed by atoms with van der Waals surface area (Å²) in [6, 6.07) is 10.1. The molecule has 4 heterocycles. The standard InChI is InChI=1S/C19H22N8/c1-19(2,3)18-23-22-16-7-8-17(24-27(16)18)26-11-14(12-26)25(4)15-6-5-13(9-20)10-21-15/h5-8,10,14H,11-12H2,1-4H3. The Morgan fingerprint density at radius 1 is 1.15 bits per heavy atom. The van der Waals surface area contributed by atoms with Crippen LogP contribution in [0.25, 0.3) is 5.65 Å². The maximum Gasteiger partial charge on any atom is 0.178 e. The zero-order valence-electron chi connectivity index (χ0n) is 16.0. The van der Waals surface area contributed by atoms with Crippen LogP contribution in [0, 0.1) is 11.3 Å². The number of pyridine rings is 1. The van der Waals surface area contributed by atoms with E-state index in [9.17, 15) is 0 Å². The Balaban J connectivity index is 1.49. The summed E-state index contributed by atoms with van der Waals surface area (Å²) in [4.78, 5) is 8.75. The summed E-state index contributed by atoms with van der Waals surface area (Å²) in [5.74, 6) is 2.65. The van der Waals surface area contributed by atoms with E-state index >= 15 is 0 Å². The van der Waals surface area contributed by atoms with E-state index in [-0.39, 0.29) is 5.41 Å².